The molecule has 1 aliphatic carbocycles. The first-order valence-corrected chi connectivity index (χ1v) is 14.6. The van der Waals surface area contributed by atoms with Crippen molar-refractivity contribution in [2.24, 2.45) is 5.92 Å². The first-order chi connectivity index (χ1) is 19.9. The lowest BCUT2D eigenvalue weighted by molar-refractivity contribution is -0.138. The van der Waals surface area contributed by atoms with Crippen LogP contribution in [0.3, 0.4) is 0 Å². The fraction of sp³-hybridized carbons (Fsp3) is 0.441. The molecule has 5 rings (SSSR count). The average molecular weight is 584 g/mol. The zero-order chi connectivity index (χ0) is 30.1. The van der Waals surface area contributed by atoms with Crippen molar-refractivity contribution in [3.05, 3.63) is 99.9 Å². The van der Waals surface area contributed by atoms with Crippen molar-refractivity contribution < 1.29 is 32.2 Å². The molecule has 2 atom stereocenters. The van der Waals surface area contributed by atoms with Crippen LogP contribution in [-0.2, 0) is 36.0 Å². The van der Waals surface area contributed by atoms with Crippen LogP contribution in [-0.4, -0.2) is 29.1 Å². The van der Waals surface area contributed by atoms with E-state index in [1.807, 2.05) is 24.3 Å². The summed E-state index contributed by atoms with van der Waals surface area (Å²) < 4.78 is 60.8. The number of carboxylic acids is 1. The third-order valence-electron chi connectivity index (χ3n) is 9.29. The highest BCUT2D eigenvalue weighted by molar-refractivity contribution is 5.67. The molecule has 2 unspecified atom stereocenters. The van der Waals surface area contributed by atoms with E-state index >= 15 is 0 Å². The Morgan fingerprint density at radius 3 is 2.33 bits per heavy atom. The van der Waals surface area contributed by atoms with Gasteiger partial charge in [0.05, 0.1) is 5.56 Å². The quantitative estimate of drug-likeness (QED) is 0.272. The smallest absolute Gasteiger partial charge is 0.416 e. The second-order valence-corrected chi connectivity index (χ2v) is 12.1. The van der Waals surface area contributed by atoms with Gasteiger partial charge >= 0.3 is 12.1 Å². The predicted octanol–water partition coefficient (Wildman–Crippen LogP) is 8.12. The minimum Gasteiger partial charge on any atom is -0.489 e. The Hall–Kier alpha value is -3.39. The Bertz CT molecular complexity index is 1410. The Kier molecular flexibility index (Phi) is 8.65. The number of alkyl halides is 3. The predicted molar refractivity (Wildman–Crippen MR) is 153 cm³/mol. The highest BCUT2D eigenvalue weighted by Crippen LogP contribution is 2.52. The van der Waals surface area contributed by atoms with Crippen LogP contribution in [0, 0.1) is 11.7 Å². The van der Waals surface area contributed by atoms with Crippen LogP contribution in [0.25, 0.3) is 0 Å². The SMILES string of the molecule is CC1CC2(CCN(Cc3ccc(COc4ccc(CCC(=O)O)c(F)c4)cc3)CC2)c2cc(C(F)(F)F)ccc2C1C. The lowest BCUT2D eigenvalue weighted by Gasteiger charge is -2.49. The molecule has 1 aliphatic heterocycles. The van der Waals surface area contributed by atoms with Crippen LogP contribution in [0.4, 0.5) is 17.6 Å². The number of piperidine rings is 1. The molecule has 0 radical (unpaired) electrons. The van der Waals surface area contributed by atoms with E-state index in [0.717, 1.165) is 61.2 Å². The van der Waals surface area contributed by atoms with Crippen LogP contribution in [0.5, 0.6) is 5.75 Å². The van der Waals surface area contributed by atoms with Crippen molar-refractivity contribution >= 4 is 5.97 Å². The van der Waals surface area contributed by atoms with Gasteiger partial charge in [0.1, 0.15) is 18.2 Å². The standard InChI is InChI=1S/C34H37F4NO3/c1-22-19-33(30-17-27(34(36,37)38)9-11-29(30)23(22)2)13-15-39(16-14-33)20-24-3-5-25(6-4-24)21-42-28-10-7-26(31(35)18-28)8-12-32(40)41/h3-7,9-11,17-18,22-23H,8,12-16,19-21H2,1-2H3,(H,40,41). The molecule has 1 N–H and O–H groups in total. The maximum absolute atomic E-state index is 14.3. The molecule has 1 heterocycles. The van der Waals surface area contributed by atoms with Crippen LogP contribution < -0.4 is 4.74 Å². The van der Waals surface area contributed by atoms with Crippen molar-refractivity contribution in [2.75, 3.05) is 13.1 Å². The van der Waals surface area contributed by atoms with Crippen LogP contribution in [0.1, 0.15) is 78.8 Å². The van der Waals surface area contributed by atoms with Crippen LogP contribution >= 0.6 is 0 Å². The number of benzene rings is 3. The summed E-state index contributed by atoms with van der Waals surface area (Å²) >= 11 is 0. The summed E-state index contributed by atoms with van der Waals surface area (Å²) in [4.78, 5) is 13.1. The van der Waals surface area contributed by atoms with Gasteiger partial charge in [0.15, 0.2) is 0 Å². The van der Waals surface area contributed by atoms with E-state index in [2.05, 4.69) is 18.7 Å². The minimum atomic E-state index is -4.34. The Morgan fingerprint density at radius 2 is 1.69 bits per heavy atom. The molecule has 1 saturated heterocycles. The van der Waals surface area contributed by atoms with E-state index in [0.29, 0.717) is 17.2 Å². The van der Waals surface area contributed by atoms with Gasteiger partial charge in [-0.05, 0) is 102 Å². The topological polar surface area (TPSA) is 49.8 Å². The summed E-state index contributed by atoms with van der Waals surface area (Å²) in [6, 6.07) is 16.9. The summed E-state index contributed by atoms with van der Waals surface area (Å²) in [5.41, 5.74) is 3.65. The molecular weight excluding hydrogens is 546 g/mol. The zero-order valence-corrected chi connectivity index (χ0v) is 24.0. The van der Waals surface area contributed by atoms with Gasteiger partial charge in [0.25, 0.3) is 0 Å². The molecule has 1 fully saturated rings. The number of aryl methyl sites for hydroxylation is 1. The normalized spacial score (nSPS) is 20.3. The number of nitrogens with zero attached hydrogens (tertiary/aromatic N) is 1. The number of halogens is 4. The highest BCUT2D eigenvalue weighted by Gasteiger charge is 2.45. The Labute approximate surface area is 244 Å². The number of hydrogen-bond donors (Lipinski definition) is 1. The first-order valence-electron chi connectivity index (χ1n) is 14.6. The summed E-state index contributed by atoms with van der Waals surface area (Å²) in [5, 5.41) is 8.79. The van der Waals surface area contributed by atoms with E-state index in [9.17, 15) is 22.4 Å². The number of ether oxygens (including phenoxy) is 1. The van der Waals surface area contributed by atoms with Crippen molar-refractivity contribution in [2.45, 2.75) is 76.6 Å². The lowest BCUT2D eigenvalue weighted by Crippen LogP contribution is -2.46. The molecule has 0 saturated carbocycles. The fourth-order valence-electron chi connectivity index (χ4n) is 6.64. The number of carboxylic acid groups (broad SMARTS) is 1. The monoisotopic (exact) mass is 583 g/mol. The number of likely N-dealkylation sites (tertiary alicyclic amines) is 1. The molecule has 3 aromatic rings. The Balaban J connectivity index is 1.18. The van der Waals surface area contributed by atoms with E-state index in [1.165, 1.54) is 18.2 Å². The van der Waals surface area contributed by atoms with E-state index < -0.39 is 23.5 Å². The molecule has 4 nitrogen and oxygen atoms in total. The third-order valence-corrected chi connectivity index (χ3v) is 9.29. The number of fused-ring (bicyclic) bond motifs is 2. The van der Waals surface area contributed by atoms with Gasteiger partial charge in [-0.15, -0.1) is 0 Å². The molecule has 0 aromatic heterocycles. The first kappa shape index (κ1) is 30.1. The number of carbonyl (C=O) groups is 1. The van der Waals surface area contributed by atoms with Crippen LogP contribution in [0.2, 0.25) is 0 Å². The maximum Gasteiger partial charge on any atom is 0.416 e. The molecule has 224 valence electrons. The minimum absolute atomic E-state index is 0.128. The molecule has 0 amide bonds. The summed E-state index contributed by atoms with van der Waals surface area (Å²) in [7, 11) is 0. The van der Waals surface area contributed by atoms with Crippen molar-refractivity contribution in [1.29, 1.82) is 0 Å². The van der Waals surface area contributed by atoms with Gasteiger partial charge in [-0.3, -0.25) is 9.69 Å². The van der Waals surface area contributed by atoms with Gasteiger partial charge in [0.2, 0.25) is 0 Å². The zero-order valence-electron chi connectivity index (χ0n) is 24.0. The molecule has 2 aliphatic rings. The third kappa shape index (κ3) is 6.64. The maximum atomic E-state index is 14.3. The fourth-order valence-corrected chi connectivity index (χ4v) is 6.64. The van der Waals surface area contributed by atoms with E-state index in [-0.39, 0.29) is 30.8 Å². The molecule has 1 spiro atoms. The summed E-state index contributed by atoms with van der Waals surface area (Å²) in [5.74, 6) is -0.399. The summed E-state index contributed by atoms with van der Waals surface area (Å²) in [6.07, 6.45) is -1.74. The molecule has 0 bridgehead atoms. The molecular formula is C34H37F4NO3. The second kappa shape index (κ2) is 12.1. The van der Waals surface area contributed by atoms with Crippen molar-refractivity contribution in [3.8, 4) is 5.75 Å². The summed E-state index contributed by atoms with van der Waals surface area (Å²) in [6.45, 7) is 7.05. The van der Waals surface area contributed by atoms with Crippen LogP contribution in [0.15, 0.2) is 60.7 Å². The largest absolute Gasteiger partial charge is 0.489 e. The molecule has 42 heavy (non-hydrogen) atoms. The van der Waals surface area contributed by atoms with Gasteiger partial charge in [0, 0.05) is 19.0 Å². The Morgan fingerprint density at radius 1 is 1.00 bits per heavy atom. The van der Waals surface area contributed by atoms with Gasteiger partial charge < -0.3 is 9.84 Å². The number of aliphatic carboxylic acids is 1. The lowest BCUT2D eigenvalue weighted by atomic mass is 9.59. The number of hydrogen-bond acceptors (Lipinski definition) is 3. The van der Waals surface area contributed by atoms with Gasteiger partial charge in [-0.2, -0.15) is 13.2 Å². The van der Waals surface area contributed by atoms with Crippen molar-refractivity contribution in [3.63, 3.8) is 0 Å². The highest BCUT2D eigenvalue weighted by atomic mass is 19.4. The van der Waals surface area contributed by atoms with Crippen molar-refractivity contribution in [1.82, 2.24) is 4.90 Å². The second-order valence-electron chi connectivity index (χ2n) is 12.1. The molecule has 8 heteroatoms. The molecule has 3 aromatic carbocycles. The van der Waals surface area contributed by atoms with Gasteiger partial charge in [-0.1, -0.05) is 50.2 Å². The van der Waals surface area contributed by atoms with E-state index in [4.69, 9.17) is 9.84 Å². The average Bonchev–Trinajstić information content (AvgIpc) is 2.95. The van der Waals surface area contributed by atoms with Gasteiger partial charge in [-0.25, -0.2) is 4.39 Å². The van der Waals surface area contributed by atoms with E-state index in [1.54, 1.807) is 18.2 Å². The number of rotatable bonds is 8.